The van der Waals surface area contributed by atoms with Crippen molar-refractivity contribution in [1.29, 1.82) is 0 Å². The molecule has 0 bridgehead atoms. The molecule has 0 saturated carbocycles. The highest BCUT2D eigenvalue weighted by atomic mass is 15.2. The first-order valence-corrected chi connectivity index (χ1v) is 7.97. The summed E-state index contributed by atoms with van der Waals surface area (Å²) >= 11 is 0. The number of nitrogens with zero attached hydrogens (tertiary/aromatic N) is 1. The molecule has 0 spiro atoms. The van der Waals surface area contributed by atoms with Gasteiger partial charge in [0.15, 0.2) is 0 Å². The lowest BCUT2D eigenvalue weighted by atomic mass is 10.0. The first-order chi connectivity index (χ1) is 9.82. The van der Waals surface area contributed by atoms with E-state index in [-0.39, 0.29) is 5.54 Å². The zero-order valence-corrected chi connectivity index (χ0v) is 14.4. The van der Waals surface area contributed by atoms with Gasteiger partial charge in [0.1, 0.15) is 0 Å². The summed E-state index contributed by atoms with van der Waals surface area (Å²) in [6, 6.07) is 8.89. The second-order valence-corrected chi connectivity index (χ2v) is 7.18. The number of nitrogens with one attached hydrogen (secondary N) is 1. The molecule has 0 saturated heterocycles. The number of benzene rings is 1. The molecular formula is C19H32N2. The number of hydrogen-bond acceptors (Lipinski definition) is 2. The topological polar surface area (TPSA) is 15.3 Å². The summed E-state index contributed by atoms with van der Waals surface area (Å²) in [6.45, 7) is 19.0. The van der Waals surface area contributed by atoms with Crippen molar-refractivity contribution >= 4 is 0 Å². The molecule has 118 valence electrons. The van der Waals surface area contributed by atoms with Crippen molar-refractivity contribution in [3.63, 3.8) is 0 Å². The fraction of sp³-hybridized carbons (Fsp3) is 0.579. The van der Waals surface area contributed by atoms with Crippen LogP contribution in [0.2, 0.25) is 0 Å². The molecule has 0 aliphatic rings. The summed E-state index contributed by atoms with van der Waals surface area (Å²) in [5.41, 5.74) is 2.89. The van der Waals surface area contributed by atoms with Gasteiger partial charge < -0.3 is 5.32 Å². The first kappa shape index (κ1) is 17.9. The molecule has 1 aromatic rings. The molecule has 2 heteroatoms. The zero-order valence-electron chi connectivity index (χ0n) is 14.4. The van der Waals surface area contributed by atoms with Crippen molar-refractivity contribution in [3.8, 4) is 0 Å². The van der Waals surface area contributed by atoms with Crippen molar-refractivity contribution in [2.45, 2.75) is 53.2 Å². The van der Waals surface area contributed by atoms with E-state index in [2.05, 4.69) is 75.7 Å². The van der Waals surface area contributed by atoms with Crippen LogP contribution in [0.15, 0.2) is 36.9 Å². The minimum Gasteiger partial charge on any atom is -0.312 e. The summed E-state index contributed by atoms with van der Waals surface area (Å²) in [7, 11) is 0. The quantitative estimate of drug-likeness (QED) is 0.721. The molecule has 0 radical (unpaired) electrons. The van der Waals surface area contributed by atoms with E-state index in [0.29, 0.717) is 5.92 Å². The molecular weight excluding hydrogens is 256 g/mol. The van der Waals surface area contributed by atoms with Crippen LogP contribution < -0.4 is 5.32 Å². The predicted molar refractivity (Wildman–Crippen MR) is 93.3 cm³/mol. The number of rotatable bonds is 8. The molecule has 0 amide bonds. The van der Waals surface area contributed by atoms with Gasteiger partial charge in [0, 0.05) is 25.2 Å². The Balaban J connectivity index is 2.68. The second kappa shape index (κ2) is 8.35. The van der Waals surface area contributed by atoms with Crippen LogP contribution in [-0.4, -0.2) is 23.5 Å². The van der Waals surface area contributed by atoms with E-state index in [4.69, 9.17) is 0 Å². The van der Waals surface area contributed by atoms with Gasteiger partial charge in [0.05, 0.1) is 0 Å². The molecule has 21 heavy (non-hydrogen) atoms. The molecule has 0 unspecified atom stereocenters. The van der Waals surface area contributed by atoms with Crippen LogP contribution in [-0.2, 0) is 13.1 Å². The highest BCUT2D eigenvalue weighted by Gasteiger charge is 2.19. The molecule has 0 aromatic heterocycles. The normalized spacial score (nSPS) is 12.1. The van der Waals surface area contributed by atoms with Crippen molar-refractivity contribution in [1.82, 2.24) is 10.2 Å². The van der Waals surface area contributed by atoms with E-state index in [9.17, 15) is 0 Å². The van der Waals surface area contributed by atoms with Crippen LogP contribution in [0.1, 0.15) is 45.7 Å². The standard InChI is InChI=1S/C19H32N2/c1-7-11-21(19(4,5)6)15-18-10-8-9-17(12-18)14-20-13-16(2)3/h7-10,12,16,20H,1,11,13-15H2,2-6H3. The molecule has 2 nitrogen and oxygen atoms in total. The third-order valence-corrected chi connectivity index (χ3v) is 3.54. The lowest BCUT2D eigenvalue weighted by Crippen LogP contribution is -2.40. The first-order valence-electron chi connectivity index (χ1n) is 7.97. The summed E-state index contributed by atoms with van der Waals surface area (Å²) < 4.78 is 0. The highest BCUT2D eigenvalue weighted by Crippen LogP contribution is 2.18. The maximum atomic E-state index is 3.88. The zero-order chi connectivity index (χ0) is 15.9. The van der Waals surface area contributed by atoms with Gasteiger partial charge in [-0.2, -0.15) is 0 Å². The molecule has 0 fully saturated rings. The summed E-state index contributed by atoms with van der Waals surface area (Å²) in [5.74, 6) is 0.692. The minimum absolute atomic E-state index is 0.153. The minimum atomic E-state index is 0.153. The van der Waals surface area contributed by atoms with Gasteiger partial charge >= 0.3 is 0 Å². The second-order valence-electron chi connectivity index (χ2n) is 7.18. The Morgan fingerprint density at radius 2 is 1.90 bits per heavy atom. The molecule has 1 N–H and O–H groups in total. The largest absolute Gasteiger partial charge is 0.312 e. The predicted octanol–water partition coefficient (Wildman–Crippen LogP) is 4.22. The lowest BCUT2D eigenvalue weighted by Gasteiger charge is -2.35. The smallest absolute Gasteiger partial charge is 0.0242 e. The van der Waals surface area contributed by atoms with E-state index >= 15 is 0 Å². The van der Waals surface area contributed by atoms with Crippen LogP contribution in [0.25, 0.3) is 0 Å². The summed E-state index contributed by atoms with van der Waals surface area (Å²) in [5, 5.41) is 3.51. The van der Waals surface area contributed by atoms with Crippen LogP contribution in [0.4, 0.5) is 0 Å². The van der Waals surface area contributed by atoms with Gasteiger partial charge in [-0.3, -0.25) is 4.90 Å². The number of hydrogen-bond donors (Lipinski definition) is 1. The average molecular weight is 288 g/mol. The lowest BCUT2D eigenvalue weighted by molar-refractivity contribution is 0.145. The van der Waals surface area contributed by atoms with Gasteiger partial charge in [0.25, 0.3) is 0 Å². The summed E-state index contributed by atoms with van der Waals surface area (Å²) in [6.07, 6.45) is 1.99. The maximum absolute atomic E-state index is 3.88. The van der Waals surface area contributed by atoms with Crippen molar-refractivity contribution in [3.05, 3.63) is 48.0 Å². The molecule has 0 aliphatic carbocycles. The Kier molecular flexibility index (Phi) is 7.13. The van der Waals surface area contributed by atoms with Gasteiger partial charge in [0.2, 0.25) is 0 Å². The van der Waals surface area contributed by atoms with Crippen LogP contribution in [0.3, 0.4) is 0 Å². The SMILES string of the molecule is C=CCN(Cc1cccc(CNCC(C)C)c1)C(C)(C)C. The molecule has 0 heterocycles. The Morgan fingerprint density at radius 1 is 1.24 bits per heavy atom. The maximum Gasteiger partial charge on any atom is 0.0242 e. The molecule has 1 aromatic carbocycles. The Morgan fingerprint density at radius 3 is 2.48 bits per heavy atom. The van der Waals surface area contributed by atoms with E-state index in [1.807, 2.05) is 6.08 Å². The van der Waals surface area contributed by atoms with E-state index in [0.717, 1.165) is 26.2 Å². The third kappa shape index (κ3) is 6.92. The molecule has 1 rings (SSSR count). The highest BCUT2D eigenvalue weighted by molar-refractivity contribution is 5.23. The van der Waals surface area contributed by atoms with E-state index in [1.54, 1.807) is 0 Å². The fourth-order valence-corrected chi connectivity index (χ4v) is 2.29. The van der Waals surface area contributed by atoms with Crippen LogP contribution >= 0.6 is 0 Å². The van der Waals surface area contributed by atoms with E-state index in [1.165, 1.54) is 11.1 Å². The van der Waals surface area contributed by atoms with Gasteiger partial charge in [-0.25, -0.2) is 0 Å². The fourth-order valence-electron chi connectivity index (χ4n) is 2.29. The molecule has 0 atom stereocenters. The van der Waals surface area contributed by atoms with Crippen LogP contribution in [0, 0.1) is 5.92 Å². The average Bonchev–Trinajstić information content (AvgIpc) is 2.37. The Bertz CT molecular complexity index is 429. The Labute approximate surface area is 131 Å². The van der Waals surface area contributed by atoms with Gasteiger partial charge in [-0.1, -0.05) is 44.2 Å². The van der Waals surface area contributed by atoms with Crippen LogP contribution in [0.5, 0.6) is 0 Å². The van der Waals surface area contributed by atoms with Crippen molar-refractivity contribution < 1.29 is 0 Å². The van der Waals surface area contributed by atoms with Crippen molar-refractivity contribution in [2.24, 2.45) is 5.92 Å². The van der Waals surface area contributed by atoms with Gasteiger partial charge in [-0.05, 0) is 44.4 Å². The van der Waals surface area contributed by atoms with Gasteiger partial charge in [-0.15, -0.1) is 6.58 Å². The van der Waals surface area contributed by atoms with E-state index < -0.39 is 0 Å². The third-order valence-electron chi connectivity index (χ3n) is 3.54. The summed E-state index contributed by atoms with van der Waals surface area (Å²) in [4.78, 5) is 2.45. The Hall–Kier alpha value is -1.12. The monoisotopic (exact) mass is 288 g/mol. The molecule has 0 aliphatic heterocycles. The van der Waals surface area contributed by atoms with Crippen molar-refractivity contribution in [2.75, 3.05) is 13.1 Å².